The molecule has 88 valence electrons. The molecule has 0 aliphatic carbocycles. The minimum atomic E-state index is -0.393. The lowest BCUT2D eigenvalue weighted by Crippen LogP contribution is -2.00. The number of rotatable bonds is 4. The summed E-state index contributed by atoms with van der Waals surface area (Å²) in [6.45, 7) is 2.08. The first-order chi connectivity index (χ1) is 8.27. The maximum atomic E-state index is 10.1. The molecule has 0 fully saturated rings. The highest BCUT2D eigenvalue weighted by molar-refractivity contribution is 5.22. The number of pyridine rings is 1. The molecule has 1 heterocycles. The third-order valence-corrected chi connectivity index (χ3v) is 3.02. The first kappa shape index (κ1) is 11.8. The van der Waals surface area contributed by atoms with Gasteiger partial charge < -0.3 is 5.11 Å². The molecule has 0 bridgehead atoms. The minimum absolute atomic E-state index is 0.393. The van der Waals surface area contributed by atoms with Crippen LogP contribution < -0.4 is 0 Å². The maximum Gasteiger partial charge on any atom is 0.0793 e. The van der Waals surface area contributed by atoms with Crippen molar-refractivity contribution in [2.24, 2.45) is 0 Å². The van der Waals surface area contributed by atoms with Crippen molar-refractivity contribution in [3.8, 4) is 0 Å². The molecule has 1 aromatic heterocycles. The fraction of sp³-hybridized carbons (Fsp3) is 0.267. The van der Waals surface area contributed by atoms with Crippen molar-refractivity contribution in [3.05, 3.63) is 65.5 Å². The molecule has 2 heteroatoms. The van der Waals surface area contributed by atoms with Crippen LogP contribution in [0.4, 0.5) is 0 Å². The standard InChI is InChI=1S/C15H17NO/c1-12-9-10-16-11-14(12)7-8-15(17)13-5-3-2-4-6-13/h2-6,9-11,15,17H,7-8H2,1H3. The van der Waals surface area contributed by atoms with Gasteiger partial charge in [-0.15, -0.1) is 0 Å². The zero-order valence-electron chi connectivity index (χ0n) is 10.0. The second-order valence-electron chi connectivity index (χ2n) is 4.27. The highest BCUT2D eigenvalue weighted by Crippen LogP contribution is 2.19. The number of aliphatic hydroxyl groups is 1. The lowest BCUT2D eigenvalue weighted by molar-refractivity contribution is 0.168. The van der Waals surface area contributed by atoms with Crippen molar-refractivity contribution in [2.75, 3.05) is 0 Å². The molecule has 1 aromatic carbocycles. The van der Waals surface area contributed by atoms with Gasteiger partial charge in [0.05, 0.1) is 6.10 Å². The Morgan fingerprint density at radius 2 is 1.94 bits per heavy atom. The Kier molecular flexibility index (Phi) is 3.89. The summed E-state index contributed by atoms with van der Waals surface area (Å²) in [5.74, 6) is 0. The van der Waals surface area contributed by atoms with Crippen LogP contribution in [0.15, 0.2) is 48.8 Å². The molecule has 2 aromatic rings. The van der Waals surface area contributed by atoms with Gasteiger partial charge in [0.15, 0.2) is 0 Å². The summed E-state index contributed by atoms with van der Waals surface area (Å²) in [4.78, 5) is 4.11. The molecular weight excluding hydrogens is 210 g/mol. The van der Waals surface area contributed by atoms with Gasteiger partial charge in [0, 0.05) is 12.4 Å². The van der Waals surface area contributed by atoms with E-state index in [1.807, 2.05) is 42.6 Å². The number of aliphatic hydroxyl groups excluding tert-OH is 1. The molecule has 0 saturated heterocycles. The molecule has 1 unspecified atom stereocenters. The van der Waals surface area contributed by atoms with E-state index in [-0.39, 0.29) is 0 Å². The topological polar surface area (TPSA) is 33.1 Å². The largest absolute Gasteiger partial charge is 0.388 e. The van der Waals surface area contributed by atoms with E-state index in [1.165, 1.54) is 11.1 Å². The van der Waals surface area contributed by atoms with Crippen molar-refractivity contribution in [1.29, 1.82) is 0 Å². The van der Waals surface area contributed by atoms with Crippen molar-refractivity contribution in [1.82, 2.24) is 4.98 Å². The Morgan fingerprint density at radius 1 is 1.18 bits per heavy atom. The highest BCUT2D eigenvalue weighted by atomic mass is 16.3. The summed E-state index contributed by atoms with van der Waals surface area (Å²) in [5.41, 5.74) is 3.43. The molecular formula is C15H17NO. The van der Waals surface area contributed by atoms with Crippen LogP contribution in [0.2, 0.25) is 0 Å². The van der Waals surface area contributed by atoms with Gasteiger partial charge in [-0.05, 0) is 42.5 Å². The molecule has 0 amide bonds. The zero-order chi connectivity index (χ0) is 12.1. The van der Waals surface area contributed by atoms with E-state index in [0.717, 1.165) is 18.4 Å². The van der Waals surface area contributed by atoms with Crippen molar-refractivity contribution in [2.45, 2.75) is 25.9 Å². The quantitative estimate of drug-likeness (QED) is 0.870. The van der Waals surface area contributed by atoms with Crippen molar-refractivity contribution >= 4 is 0 Å². The lowest BCUT2D eigenvalue weighted by Gasteiger charge is -2.11. The van der Waals surface area contributed by atoms with Crippen LogP contribution in [-0.2, 0) is 6.42 Å². The van der Waals surface area contributed by atoms with E-state index in [9.17, 15) is 5.11 Å². The van der Waals surface area contributed by atoms with Gasteiger partial charge in [0.1, 0.15) is 0 Å². The van der Waals surface area contributed by atoms with Gasteiger partial charge >= 0.3 is 0 Å². The van der Waals surface area contributed by atoms with Crippen LogP contribution in [0.1, 0.15) is 29.2 Å². The second-order valence-corrected chi connectivity index (χ2v) is 4.27. The van der Waals surface area contributed by atoms with E-state index in [0.29, 0.717) is 0 Å². The van der Waals surface area contributed by atoms with Gasteiger partial charge in [-0.25, -0.2) is 0 Å². The molecule has 17 heavy (non-hydrogen) atoms. The summed E-state index contributed by atoms with van der Waals surface area (Å²) in [5, 5.41) is 10.1. The Morgan fingerprint density at radius 3 is 2.65 bits per heavy atom. The SMILES string of the molecule is Cc1ccncc1CCC(O)c1ccccc1. The fourth-order valence-electron chi connectivity index (χ4n) is 1.89. The smallest absolute Gasteiger partial charge is 0.0793 e. The number of benzene rings is 1. The van der Waals surface area contributed by atoms with E-state index in [4.69, 9.17) is 0 Å². The fourth-order valence-corrected chi connectivity index (χ4v) is 1.89. The first-order valence-electron chi connectivity index (χ1n) is 5.90. The van der Waals surface area contributed by atoms with Crippen LogP contribution in [-0.4, -0.2) is 10.1 Å². The van der Waals surface area contributed by atoms with Crippen LogP contribution in [0.5, 0.6) is 0 Å². The predicted octanol–water partition coefficient (Wildman–Crippen LogP) is 3.06. The maximum absolute atomic E-state index is 10.1. The monoisotopic (exact) mass is 227 g/mol. The summed E-state index contributed by atoms with van der Waals surface area (Å²) < 4.78 is 0. The zero-order valence-corrected chi connectivity index (χ0v) is 10.0. The Labute approximate surface area is 102 Å². The summed E-state index contributed by atoms with van der Waals surface area (Å²) >= 11 is 0. The Bertz CT molecular complexity index is 467. The third kappa shape index (κ3) is 3.14. The second kappa shape index (κ2) is 5.60. The molecule has 1 atom stereocenters. The van der Waals surface area contributed by atoms with Gasteiger partial charge in [-0.1, -0.05) is 30.3 Å². The molecule has 1 N–H and O–H groups in total. The summed E-state index contributed by atoms with van der Waals surface area (Å²) in [7, 11) is 0. The number of aromatic nitrogens is 1. The van der Waals surface area contributed by atoms with Gasteiger partial charge in [-0.2, -0.15) is 0 Å². The first-order valence-corrected chi connectivity index (χ1v) is 5.90. The van der Waals surface area contributed by atoms with E-state index in [1.54, 1.807) is 6.20 Å². The number of hydrogen-bond donors (Lipinski definition) is 1. The molecule has 0 aliphatic rings. The summed E-state index contributed by atoms with van der Waals surface area (Å²) in [6, 6.07) is 11.8. The van der Waals surface area contributed by atoms with Crippen molar-refractivity contribution in [3.63, 3.8) is 0 Å². The lowest BCUT2D eigenvalue weighted by atomic mass is 10.0. The molecule has 2 rings (SSSR count). The van der Waals surface area contributed by atoms with Crippen LogP contribution in [0.3, 0.4) is 0 Å². The minimum Gasteiger partial charge on any atom is -0.388 e. The molecule has 2 nitrogen and oxygen atoms in total. The molecule has 0 radical (unpaired) electrons. The number of nitrogens with zero attached hydrogens (tertiary/aromatic N) is 1. The molecule has 0 aliphatic heterocycles. The van der Waals surface area contributed by atoms with E-state index >= 15 is 0 Å². The number of hydrogen-bond acceptors (Lipinski definition) is 2. The average molecular weight is 227 g/mol. The van der Waals surface area contributed by atoms with Crippen LogP contribution in [0.25, 0.3) is 0 Å². The van der Waals surface area contributed by atoms with E-state index in [2.05, 4.69) is 11.9 Å². The molecule has 0 saturated carbocycles. The normalized spacial score (nSPS) is 12.4. The Hall–Kier alpha value is -1.67. The highest BCUT2D eigenvalue weighted by Gasteiger charge is 2.07. The van der Waals surface area contributed by atoms with Crippen LogP contribution >= 0.6 is 0 Å². The average Bonchev–Trinajstić information content (AvgIpc) is 2.38. The number of aryl methyl sites for hydroxylation is 2. The van der Waals surface area contributed by atoms with Crippen LogP contribution in [0, 0.1) is 6.92 Å². The predicted molar refractivity (Wildman–Crippen MR) is 68.7 cm³/mol. The van der Waals surface area contributed by atoms with Gasteiger partial charge in [0.2, 0.25) is 0 Å². The Balaban J connectivity index is 1.97. The van der Waals surface area contributed by atoms with Gasteiger partial charge in [-0.3, -0.25) is 4.98 Å². The van der Waals surface area contributed by atoms with Crippen molar-refractivity contribution < 1.29 is 5.11 Å². The molecule has 0 spiro atoms. The van der Waals surface area contributed by atoms with Gasteiger partial charge in [0.25, 0.3) is 0 Å². The van der Waals surface area contributed by atoms with E-state index < -0.39 is 6.10 Å². The third-order valence-electron chi connectivity index (χ3n) is 3.02. The summed E-state index contributed by atoms with van der Waals surface area (Å²) in [6.07, 6.45) is 4.88.